The summed E-state index contributed by atoms with van der Waals surface area (Å²) in [4.78, 5) is 28.0. The number of nitrogen functional groups attached to an aromatic ring is 1. The third-order valence-corrected chi connectivity index (χ3v) is 7.82. The Hall–Kier alpha value is -5.29. The lowest BCUT2D eigenvalue weighted by atomic mass is 10.1. The first-order chi connectivity index (χ1) is 25.5. The van der Waals surface area contributed by atoms with Crippen LogP contribution in [0.3, 0.4) is 0 Å². The molecule has 2 aromatic carbocycles. The lowest BCUT2D eigenvalue weighted by molar-refractivity contribution is -0.419. The number of anilines is 2. The average Bonchev–Trinajstić information content (AvgIpc) is 3.54. The van der Waals surface area contributed by atoms with Crippen LogP contribution < -0.4 is 30.2 Å². The molecular weight excluding hydrogens is 739 g/mol. The first-order valence-corrected chi connectivity index (χ1v) is 16.0. The number of imidazole rings is 1. The minimum absolute atomic E-state index is 0.0398. The van der Waals surface area contributed by atoms with Gasteiger partial charge in [-0.05, 0) is 43.8 Å². The van der Waals surface area contributed by atoms with Crippen molar-refractivity contribution in [3.05, 3.63) is 89.1 Å². The number of likely N-dealkylation sites (N-methyl/N-ethyl adjacent to an activating group) is 1. The van der Waals surface area contributed by atoms with E-state index in [0.717, 1.165) is 21.9 Å². The molecule has 21 heteroatoms. The predicted octanol–water partition coefficient (Wildman–Crippen LogP) is 0.766. The number of nitrogens with one attached hydrogen (secondary N) is 1. The van der Waals surface area contributed by atoms with Crippen LogP contribution in [0.15, 0.2) is 61.2 Å². The summed E-state index contributed by atoms with van der Waals surface area (Å²) < 4.78 is 34.9. The smallest absolute Gasteiger partial charge is 0.453 e. The van der Waals surface area contributed by atoms with E-state index in [9.17, 15) is 24.5 Å². The topological polar surface area (TPSA) is 273 Å². The maximum absolute atomic E-state index is 13.0. The van der Waals surface area contributed by atoms with Gasteiger partial charge in [0.1, 0.15) is 34.6 Å². The SMILES string of the molecule is CNC(C)C(OCc1ccc(OC(O)(O)O)c(N)c1)c1ncc(F)cn1.COc1ccc(CN(c2cc(Cl)nc3c2ncn3C=O)C(O)(O)O)c(OC)c1. The first kappa shape index (κ1) is 41.5. The number of carbonyl (C=O) groups excluding carboxylic acids is 1. The molecule has 290 valence electrons. The third-order valence-electron chi connectivity index (χ3n) is 7.62. The van der Waals surface area contributed by atoms with E-state index in [0.29, 0.717) is 34.9 Å². The monoisotopic (exact) mass is 776 g/mol. The fraction of sp³-hybridized carbons (Fsp3) is 0.303. The molecule has 2 unspecified atom stereocenters. The number of nitrogens with zero attached hydrogens (tertiary/aromatic N) is 6. The number of pyridine rings is 1. The third kappa shape index (κ3) is 10.7. The molecule has 0 radical (unpaired) electrons. The molecular formula is C33H38ClFN8O11. The Labute approximate surface area is 311 Å². The fourth-order valence-electron chi connectivity index (χ4n) is 4.93. The first-order valence-electron chi connectivity index (χ1n) is 15.6. The number of halogens is 2. The van der Waals surface area contributed by atoms with Gasteiger partial charge in [-0.15, -0.1) is 0 Å². The molecule has 54 heavy (non-hydrogen) atoms. The average molecular weight is 777 g/mol. The van der Waals surface area contributed by atoms with Crippen molar-refractivity contribution in [1.82, 2.24) is 29.8 Å². The molecule has 3 heterocycles. The van der Waals surface area contributed by atoms with Crippen molar-refractivity contribution in [2.45, 2.75) is 44.5 Å². The lowest BCUT2D eigenvalue weighted by Gasteiger charge is -2.32. The summed E-state index contributed by atoms with van der Waals surface area (Å²) in [5, 5.41) is 59.4. The minimum Gasteiger partial charge on any atom is -0.497 e. The molecule has 9 N–H and O–H groups in total. The lowest BCUT2D eigenvalue weighted by Crippen LogP contribution is -2.48. The van der Waals surface area contributed by atoms with E-state index in [2.05, 4.69) is 30.0 Å². The second-order valence-electron chi connectivity index (χ2n) is 11.4. The van der Waals surface area contributed by atoms with Crippen molar-refractivity contribution < 1.29 is 58.8 Å². The summed E-state index contributed by atoms with van der Waals surface area (Å²) in [5.41, 5.74) is 7.25. The van der Waals surface area contributed by atoms with Gasteiger partial charge in [0.15, 0.2) is 23.0 Å². The van der Waals surface area contributed by atoms with Gasteiger partial charge in [-0.25, -0.2) is 24.3 Å². The highest BCUT2D eigenvalue weighted by molar-refractivity contribution is 6.30. The quantitative estimate of drug-likeness (QED) is 0.0315. The van der Waals surface area contributed by atoms with Crippen LogP contribution in [0.1, 0.15) is 30.0 Å². The number of nitrogens with two attached hydrogens (primary N) is 1. The largest absolute Gasteiger partial charge is 0.497 e. The highest BCUT2D eigenvalue weighted by Crippen LogP contribution is 2.34. The van der Waals surface area contributed by atoms with E-state index in [1.165, 1.54) is 38.7 Å². The Morgan fingerprint density at radius 3 is 2.30 bits per heavy atom. The van der Waals surface area contributed by atoms with Crippen LogP contribution in [0, 0.1) is 5.82 Å². The second-order valence-corrected chi connectivity index (χ2v) is 11.8. The Bertz CT molecular complexity index is 2030. The zero-order chi connectivity index (χ0) is 39.8. The Morgan fingerprint density at radius 1 is 1.02 bits per heavy atom. The molecule has 3 aromatic heterocycles. The number of aromatic nitrogens is 5. The molecule has 0 saturated carbocycles. The Morgan fingerprint density at radius 2 is 1.72 bits per heavy atom. The molecule has 19 nitrogen and oxygen atoms in total. The van der Waals surface area contributed by atoms with E-state index in [4.69, 9.17) is 46.9 Å². The summed E-state index contributed by atoms with van der Waals surface area (Å²) in [6.07, 6.45) is -3.33. The molecule has 0 fully saturated rings. The van der Waals surface area contributed by atoms with Crippen molar-refractivity contribution in [1.29, 1.82) is 0 Å². The zero-order valence-corrected chi connectivity index (χ0v) is 29.9. The van der Waals surface area contributed by atoms with Gasteiger partial charge in [-0.2, -0.15) is 0 Å². The predicted molar refractivity (Wildman–Crippen MR) is 189 cm³/mol. The number of benzene rings is 2. The normalized spacial score (nSPS) is 12.7. The number of carbonyl (C=O) groups is 1. The van der Waals surface area contributed by atoms with Gasteiger partial charge >= 0.3 is 12.3 Å². The maximum atomic E-state index is 13.0. The number of methoxy groups -OCH3 is 2. The van der Waals surface area contributed by atoms with Crippen molar-refractivity contribution >= 4 is 40.5 Å². The molecule has 0 amide bonds. The van der Waals surface area contributed by atoms with Crippen molar-refractivity contribution in [3.8, 4) is 17.2 Å². The van der Waals surface area contributed by atoms with Gasteiger partial charge in [0.25, 0.3) is 0 Å². The number of fused-ring (bicyclic) bond motifs is 1. The number of hydrogen-bond acceptors (Lipinski definition) is 18. The van der Waals surface area contributed by atoms with Crippen molar-refractivity contribution in [3.63, 3.8) is 0 Å². The standard InChI is InChI=1S/C17H17ClN4O6.C16H21FN4O5/c1-27-11-4-3-10(13(5-11)28-2)7-22(17(24,25)26)12-6-14(18)20-16-15(12)19-8-21(16)9-23;1-9(19-2)14(15-20-6-11(17)7-21-15)25-8-10-3-4-13(12(18)5-10)26-16(22,23)24/h3-6,8-9,24-26H,7H2,1-2H3;3-7,9,14,19,22-24H,8,18H2,1-2H3. The number of ether oxygens (including phenoxy) is 4. The van der Waals surface area contributed by atoms with E-state index >= 15 is 0 Å². The number of aliphatic hydroxyl groups is 6. The minimum atomic E-state index is -3.32. The Kier molecular flexibility index (Phi) is 13.6. The summed E-state index contributed by atoms with van der Waals surface area (Å²) >= 11 is 6.02. The fourth-order valence-corrected chi connectivity index (χ4v) is 5.11. The van der Waals surface area contributed by atoms with Gasteiger partial charge in [0, 0.05) is 23.7 Å². The summed E-state index contributed by atoms with van der Waals surface area (Å²) in [6.45, 7) is 1.79. The van der Waals surface area contributed by atoms with Crippen LogP contribution >= 0.6 is 11.6 Å². The zero-order valence-electron chi connectivity index (χ0n) is 29.2. The van der Waals surface area contributed by atoms with Crippen LogP contribution in [0.4, 0.5) is 15.8 Å². The van der Waals surface area contributed by atoms with E-state index in [1.807, 2.05) is 6.92 Å². The molecule has 5 aromatic rings. The van der Waals surface area contributed by atoms with Crippen LogP contribution in [0.25, 0.3) is 11.2 Å². The van der Waals surface area contributed by atoms with Crippen LogP contribution in [0.2, 0.25) is 5.15 Å². The molecule has 0 aliphatic carbocycles. The molecule has 0 saturated heterocycles. The summed E-state index contributed by atoms with van der Waals surface area (Å²) in [5.74, 6) is 0.605. The van der Waals surface area contributed by atoms with Gasteiger partial charge < -0.3 is 60.6 Å². The summed E-state index contributed by atoms with van der Waals surface area (Å²) in [6, 6.07) is 10.5. The number of hydrogen-bond donors (Lipinski definition) is 8. The van der Waals surface area contributed by atoms with Crippen molar-refractivity contribution in [2.24, 2.45) is 0 Å². The van der Waals surface area contributed by atoms with E-state index in [-0.39, 0.29) is 52.6 Å². The van der Waals surface area contributed by atoms with Gasteiger partial charge in [-0.3, -0.25) is 14.3 Å². The van der Waals surface area contributed by atoms with Crippen molar-refractivity contribution in [2.75, 3.05) is 31.9 Å². The maximum Gasteiger partial charge on any atom is 0.453 e. The van der Waals surface area contributed by atoms with Crippen LogP contribution in [-0.4, -0.2) is 101 Å². The highest BCUT2D eigenvalue weighted by Gasteiger charge is 2.33. The molecule has 0 spiro atoms. The molecule has 0 aliphatic heterocycles. The molecule has 0 bridgehead atoms. The second kappa shape index (κ2) is 17.7. The van der Waals surface area contributed by atoms with Crippen LogP contribution in [-0.2, 0) is 22.7 Å². The molecule has 2 atom stereocenters. The Balaban J connectivity index is 0.000000241. The van der Waals surface area contributed by atoms with Crippen LogP contribution in [0.5, 0.6) is 17.2 Å². The molecule has 5 rings (SSSR count). The van der Waals surface area contributed by atoms with Gasteiger partial charge in [0.2, 0.25) is 6.41 Å². The van der Waals surface area contributed by atoms with Gasteiger partial charge in [-0.1, -0.05) is 17.7 Å². The number of rotatable bonds is 15. The highest BCUT2D eigenvalue weighted by atomic mass is 35.5. The van der Waals surface area contributed by atoms with E-state index in [1.54, 1.807) is 31.3 Å². The van der Waals surface area contributed by atoms with Gasteiger partial charge in [0.05, 0.1) is 51.1 Å². The van der Waals surface area contributed by atoms with E-state index < -0.39 is 24.2 Å². The summed E-state index contributed by atoms with van der Waals surface area (Å²) in [7, 11) is 4.69. The molecule has 0 aliphatic rings.